The normalized spacial score (nSPS) is 30.9. The predicted octanol–water partition coefficient (Wildman–Crippen LogP) is 2.40. The molecule has 1 aromatic carbocycles. The van der Waals surface area contributed by atoms with E-state index in [9.17, 15) is 24.6 Å². The number of aliphatic hydroxyl groups is 1. The van der Waals surface area contributed by atoms with Crippen molar-refractivity contribution < 1.29 is 29.3 Å². The van der Waals surface area contributed by atoms with Gasteiger partial charge in [0.15, 0.2) is 0 Å². The van der Waals surface area contributed by atoms with Gasteiger partial charge in [-0.05, 0) is 37.8 Å². The van der Waals surface area contributed by atoms with Gasteiger partial charge in [-0.2, -0.15) is 0 Å². The summed E-state index contributed by atoms with van der Waals surface area (Å²) in [6.07, 6.45) is 2.23. The highest BCUT2D eigenvalue weighted by Gasteiger charge is 2.75. The summed E-state index contributed by atoms with van der Waals surface area (Å²) >= 11 is 6.49. The van der Waals surface area contributed by atoms with E-state index in [1.807, 2.05) is 19.9 Å². The third-order valence-corrected chi connectivity index (χ3v) is 7.67. The Balaban J connectivity index is 1.86. The SMILES string of the molecule is C=CCN(C(=O)[C@H]1N([C@@H](CC)CO)C(=O)[C@@H]2[C@@H](C(=O)O)[C@H]3CC[C@]21O3)c1c(C)cccc1Cl. The van der Waals surface area contributed by atoms with Crippen LogP contribution in [0.1, 0.15) is 31.7 Å². The molecule has 1 aromatic rings. The zero-order chi connectivity index (χ0) is 24.1. The number of carbonyl (C=O) groups is 3. The van der Waals surface area contributed by atoms with Gasteiger partial charge in [0.25, 0.3) is 5.91 Å². The molecule has 3 heterocycles. The van der Waals surface area contributed by atoms with Crippen molar-refractivity contribution in [2.24, 2.45) is 11.8 Å². The lowest BCUT2D eigenvalue weighted by atomic mass is 9.70. The number of ether oxygens (including phenoxy) is 1. The van der Waals surface area contributed by atoms with E-state index in [1.165, 1.54) is 9.80 Å². The Hall–Kier alpha value is -2.42. The quantitative estimate of drug-likeness (QED) is 0.558. The molecule has 3 aliphatic rings. The Morgan fingerprint density at radius 2 is 2.18 bits per heavy atom. The van der Waals surface area contributed by atoms with Gasteiger partial charge < -0.3 is 24.7 Å². The van der Waals surface area contributed by atoms with Crippen molar-refractivity contribution in [3.05, 3.63) is 41.4 Å². The summed E-state index contributed by atoms with van der Waals surface area (Å²) in [7, 11) is 0. The number of aliphatic hydroxyl groups excluding tert-OH is 1. The zero-order valence-electron chi connectivity index (χ0n) is 18.7. The van der Waals surface area contributed by atoms with Crippen LogP contribution in [0.3, 0.4) is 0 Å². The number of para-hydroxylation sites is 1. The van der Waals surface area contributed by atoms with Gasteiger partial charge in [0.1, 0.15) is 11.6 Å². The van der Waals surface area contributed by atoms with Gasteiger partial charge in [-0.15, -0.1) is 6.58 Å². The molecule has 0 aromatic heterocycles. The molecule has 6 atom stereocenters. The number of carboxylic acids is 1. The van der Waals surface area contributed by atoms with E-state index in [4.69, 9.17) is 16.3 Å². The van der Waals surface area contributed by atoms with Crippen LogP contribution >= 0.6 is 11.6 Å². The minimum Gasteiger partial charge on any atom is -0.481 e. The second kappa shape index (κ2) is 8.74. The van der Waals surface area contributed by atoms with E-state index in [1.54, 1.807) is 18.2 Å². The van der Waals surface area contributed by atoms with Gasteiger partial charge in [-0.1, -0.05) is 36.7 Å². The molecule has 2 amide bonds. The maximum atomic E-state index is 14.3. The predicted molar refractivity (Wildman–Crippen MR) is 122 cm³/mol. The highest BCUT2D eigenvalue weighted by molar-refractivity contribution is 6.34. The minimum atomic E-state index is -1.25. The molecule has 0 saturated carbocycles. The minimum absolute atomic E-state index is 0.143. The number of anilines is 1. The number of nitrogens with zero attached hydrogens (tertiary/aromatic N) is 2. The third kappa shape index (κ3) is 3.38. The van der Waals surface area contributed by atoms with Crippen LogP contribution in [0.4, 0.5) is 5.69 Å². The number of carboxylic acid groups (broad SMARTS) is 1. The number of rotatable bonds is 8. The van der Waals surface area contributed by atoms with Crippen LogP contribution in [-0.4, -0.2) is 69.8 Å². The molecule has 0 radical (unpaired) electrons. The summed E-state index contributed by atoms with van der Waals surface area (Å²) in [4.78, 5) is 42.9. The monoisotopic (exact) mass is 476 g/mol. The van der Waals surface area contributed by atoms with E-state index in [-0.39, 0.29) is 13.2 Å². The van der Waals surface area contributed by atoms with Crippen molar-refractivity contribution in [3.63, 3.8) is 0 Å². The van der Waals surface area contributed by atoms with Crippen molar-refractivity contribution in [1.82, 2.24) is 4.90 Å². The lowest BCUT2D eigenvalue weighted by Gasteiger charge is -2.39. The second-order valence-electron chi connectivity index (χ2n) is 9.03. The third-order valence-electron chi connectivity index (χ3n) is 7.37. The number of aliphatic carboxylic acids is 1. The lowest BCUT2D eigenvalue weighted by molar-refractivity contribution is -0.151. The zero-order valence-corrected chi connectivity index (χ0v) is 19.5. The Morgan fingerprint density at radius 3 is 2.76 bits per heavy atom. The molecule has 2 bridgehead atoms. The van der Waals surface area contributed by atoms with Gasteiger partial charge in [0, 0.05) is 6.54 Å². The number of aryl methyl sites for hydroxylation is 1. The van der Waals surface area contributed by atoms with Crippen LogP contribution in [0.2, 0.25) is 5.02 Å². The molecule has 1 spiro atoms. The van der Waals surface area contributed by atoms with Gasteiger partial charge in [0.2, 0.25) is 5.91 Å². The van der Waals surface area contributed by atoms with Crippen molar-refractivity contribution in [3.8, 4) is 0 Å². The first kappa shape index (κ1) is 23.7. The summed E-state index contributed by atoms with van der Waals surface area (Å²) in [5.74, 6) is -3.95. The number of likely N-dealkylation sites (tertiary alicyclic amines) is 1. The van der Waals surface area contributed by atoms with Gasteiger partial charge in [-0.25, -0.2) is 0 Å². The molecule has 33 heavy (non-hydrogen) atoms. The standard InChI is InChI=1S/C24H29ClN2O6/c1-4-11-26(19-13(3)7-6-8-15(19)25)22(30)20-24-10-9-16(33-24)17(23(31)32)18(24)21(29)27(20)14(5-2)12-28/h4,6-8,14,16-18,20,28H,1,5,9-12H2,2-3H3,(H,31,32)/t14-,16+,17-,18-,20+,24-/m0/s1. The van der Waals surface area contributed by atoms with Crippen molar-refractivity contribution >= 4 is 35.1 Å². The second-order valence-corrected chi connectivity index (χ2v) is 9.43. The van der Waals surface area contributed by atoms with Crippen LogP contribution in [0, 0.1) is 18.8 Å². The van der Waals surface area contributed by atoms with E-state index < -0.39 is 53.4 Å². The molecule has 3 aliphatic heterocycles. The number of benzene rings is 1. The average Bonchev–Trinajstić information content (AvgIpc) is 3.41. The summed E-state index contributed by atoms with van der Waals surface area (Å²) in [6, 6.07) is 3.60. The summed E-state index contributed by atoms with van der Waals surface area (Å²) < 4.78 is 6.22. The van der Waals surface area contributed by atoms with Crippen molar-refractivity contribution in [2.45, 2.75) is 56.9 Å². The molecule has 2 N–H and O–H groups in total. The number of hydrogen-bond donors (Lipinski definition) is 2. The van der Waals surface area contributed by atoms with E-state index >= 15 is 0 Å². The van der Waals surface area contributed by atoms with Crippen LogP contribution in [0.5, 0.6) is 0 Å². The molecule has 0 aliphatic carbocycles. The van der Waals surface area contributed by atoms with Gasteiger partial charge in [0.05, 0.1) is 41.3 Å². The smallest absolute Gasteiger partial charge is 0.310 e. The molecule has 3 fully saturated rings. The van der Waals surface area contributed by atoms with Crippen LogP contribution < -0.4 is 4.90 Å². The van der Waals surface area contributed by atoms with Crippen LogP contribution in [0.15, 0.2) is 30.9 Å². The summed E-state index contributed by atoms with van der Waals surface area (Å²) in [5.41, 5.74) is 0.0339. The summed E-state index contributed by atoms with van der Waals surface area (Å²) in [5, 5.41) is 20.3. The average molecular weight is 477 g/mol. The van der Waals surface area contributed by atoms with Crippen LogP contribution in [-0.2, 0) is 19.1 Å². The van der Waals surface area contributed by atoms with E-state index in [0.717, 1.165) is 5.56 Å². The number of hydrogen-bond acceptors (Lipinski definition) is 5. The van der Waals surface area contributed by atoms with Crippen LogP contribution in [0.25, 0.3) is 0 Å². The molecule has 0 unspecified atom stereocenters. The Kier molecular flexibility index (Phi) is 6.28. The molecule has 8 nitrogen and oxygen atoms in total. The Labute approximate surface area is 197 Å². The first-order valence-corrected chi connectivity index (χ1v) is 11.6. The first-order valence-electron chi connectivity index (χ1n) is 11.2. The Morgan fingerprint density at radius 1 is 1.45 bits per heavy atom. The fourth-order valence-electron chi connectivity index (χ4n) is 5.99. The molecule has 3 saturated heterocycles. The Bertz CT molecular complexity index is 975. The largest absolute Gasteiger partial charge is 0.481 e. The number of amides is 2. The molecule has 4 rings (SSSR count). The number of fused-ring (bicyclic) bond motifs is 1. The summed E-state index contributed by atoms with van der Waals surface area (Å²) in [6.45, 7) is 7.23. The fourth-order valence-corrected chi connectivity index (χ4v) is 6.32. The first-order chi connectivity index (χ1) is 15.7. The number of carbonyl (C=O) groups excluding carboxylic acids is 2. The lowest BCUT2D eigenvalue weighted by Crippen LogP contribution is -2.59. The highest BCUT2D eigenvalue weighted by Crippen LogP contribution is 2.59. The topological polar surface area (TPSA) is 107 Å². The molecule has 178 valence electrons. The van der Waals surface area contributed by atoms with E-state index in [0.29, 0.717) is 30.0 Å². The van der Waals surface area contributed by atoms with E-state index in [2.05, 4.69) is 6.58 Å². The molecular weight excluding hydrogens is 448 g/mol. The molecular formula is C24H29ClN2O6. The van der Waals surface area contributed by atoms with Crippen molar-refractivity contribution in [2.75, 3.05) is 18.1 Å². The van der Waals surface area contributed by atoms with Crippen molar-refractivity contribution in [1.29, 1.82) is 0 Å². The van der Waals surface area contributed by atoms with Gasteiger partial charge in [-0.3, -0.25) is 14.4 Å². The fraction of sp³-hybridized carbons (Fsp3) is 0.542. The highest BCUT2D eigenvalue weighted by atomic mass is 35.5. The maximum Gasteiger partial charge on any atom is 0.310 e. The number of halogens is 1. The van der Waals surface area contributed by atoms with Gasteiger partial charge >= 0.3 is 5.97 Å². The maximum absolute atomic E-state index is 14.3. The molecule has 9 heteroatoms.